The summed E-state index contributed by atoms with van der Waals surface area (Å²) in [5.41, 5.74) is 4.98. The van der Waals surface area contributed by atoms with E-state index >= 15 is 0 Å². The van der Waals surface area contributed by atoms with Crippen molar-refractivity contribution < 1.29 is 19.1 Å². The van der Waals surface area contributed by atoms with Gasteiger partial charge in [0.2, 0.25) is 0 Å². The van der Waals surface area contributed by atoms with Crippen LogP contribution in [0, 0.1) is 13.8 Å². The monoisotopic (exact) mass is 510 g/mol. The van der Waals surface area contributed by atoms with Gasteiger partial charge in [-0.3, -0.25) is 9.69 Å². The van der Waals surface area contributed by atoms with E-state index in [9.17, 15) is 9.59 Å². The highest BCUT2D eigenvalue weighted by Crippen LogP contribution is 2.37. The number of hydrogen-bond donors (Lipinski definition) is 0. The number of nitrogens with zero attached hydrogens (tertiary/aromatic N) is 2. The molecule has 2 aromatic carbocycles. The molecule has 4 rings (SSSR count). The second kappa shape index (κ2) is 9.64. The predicted molar refractivity (Wildman–Crippen MR) is 138 cm³/mol. The molecule has 1 aromatic heterocycles. The number of carbonyl (C=O) groups excluding carboxylic acids is 2. The summed E-state index contributed by atoms with van der Waals surface area (Å²) in [7, 11) is 2.88. The summed E-state index contributed by atoms with van der Waals surface area (Å²) >= 11 is 12.4. The Morgan fingerprint density at radius 2 is 1.54 bits per heavy atom. The van der Waals surface area contributed by atoms with Crippen molar-refractivity contribution in [2.75, 3.05) is 19.1 Å². The summed E-state index contributed by atoms with van der Waals surface area (Å²) < 4.78 is 12.2. The Morgan fingerprint density at radius 3 is 2.11 bits per heavy atom. The summed E-state index contributed by atoms with van der Waals surface area (Å²) in [6.45, 7) is 5.61. The number of allylic oxidation sites excluding steroid dienone is 1. The highest BCUT2D eigenvalue weighted by atomic mass is 35.5. The smallest absolute Gasteiger partial charge is 0.340 e. The van der Waals surface area contributed by atoms with E-state index in [2.05, 4.69) is 0 Å². The second-order valence-corrected chi connectivity index (χ2v) is 9.01. The second-order valence-electron chi connectivity index (χ2n) is 8.14. The van der Waals surface area contributed by atoms with Crippen LogP contribution in [-0.4, -0.2) is 30.7 Å². The average Bonchev–Trinajstić information content (AvgIpc) is 3.24. The van der Waals surface area contributed by atoms with E-state index in [1.807, 2.05) is 36.6 Å². The maximum Gasteiger partial charge on any atom is 0.340 e. The Hall–Kier alpha value is -3.48. The Balaban J connectivity index is 1.84. The van der Waals surface area contributed by atoms with Crippen LogP contribution in [0.2, 0.25) is 10.0 Å². The van der Waals surface area contributed by atoms with Crippen LogP contribution >= 0.6 is 23.2 Å². The molecular weight excluding hydrogens is 487 g/mol. The Morgan fingerprint density at radius 1 is 0.914 bits per heavy atom. The van der Waals surface area contributed by atoms with E-state index in [0.717, 1.165) is 22.6 Å². The molecular formula is C27H24Cl2N2O4. The van der Waals surface area contributed by atoms with Crippen molar-refractivity contribution in [2.24, 2.45) is 0 Å². The van der Waals surface area contributed by atoms with Crippen LogP contribution in [-0.2, 0) is 14.3 Å². The number of aromatic nitrogens is 1. The maximum atomic E-state index is 13.6. The summed E-state index contributed by atoms with van der Waals surface area (Å²) in [5.74, 6) is -0.225. The fourth-order valence-electron chi connectivity index (χ4n) is 4.38. The molecule has 3 aromatic rings. The molecule has 1 amide bonds. The number of benzene rings is 2. The molecule has 0 N–H and O–H groups in total. The van der Waals surface area contributed by atoms with E-state index in [1.54, 1.807) is 50.4 Å². The van der Waals surface area contributed by atoms with Crippen molar-refractivity contribution in [3.63, 3.8) is 0 Å². The van der Waals surface area contributed by atoms with Crippen LogP contribution in [0.3, 0.4) is 0 Å². The zero-order valence-corrected chi connectivity index (χ0v) is 21.5. The first-order valence-corrected chi connectivity index (χ1v) is 11.6. The van der Waals surface area contributed by atoms with Crippen LogP contribution in [0.5, 0.6) is 5.75 Å². The zero-order valence-electron chi connectivity index (χ0n) is 20.0. The quantitative estimate of drug-likeness (QED) is 0.299. The number of anilines is 1. The van der Waals surface area contributed by atoms with Crippen LogP contribution < -0.4 is 9.64 Å². The average molecular weight is 511 g/mol. The minimum atomic E-state index is -0.575. The summed E-state index contributed by atoms with van der Waals surface area (Å²) in [4.78, 5) is 27.9. The molecule has 0 atom stereocenters. The number of amides is 1. The lowest BCUT2D eigenvalue weighted by molar-refractivity contribution is -0.136. The normalized spacial score (nSPS) is 14.8. The van der Waals surface area contributed by atoms with Crippen LogP contribution in [0.1, 0.15) is 23.9 Å². The molecule has 0 saturated carbocycles. The van der Waals surface area contributed by atoms with Crippen LogP contribution in [0.25, 0.3) is 11.8 Å². The standard InChI is InChI=1S/C27H24Cl2N2O4/c1-15-10-18(16(2)30(15)22-13-19(28)12-20(29)14-22)11-24-25(27(33)35-5)17(3)31(26(24)32)21-6-8-23(34-4)9-7-21/h6-14H,1-5H3/b24-11-. The van der Waals surface area contributed by atoms with E-state index in [4.69, 9.17) is 32.7 Å². The van der Waals surface area contributed by atoms with Gasteiger partial charge in [0.25, 0.3) is 5.91 Å². The Kier molecular flexibility index (Phi) is 6.79. The SMILES string of the molecule is COC(=O)C1=C(C)N(c2ccc(OC)cc2)C(=O)/C1=C\c1cc(C)n(-c2cc(Cl)cc(Cl)c2)c1C. The van der Waals surface area contributed by atoms with E-state index < -0.39 is 5.97 Å². The Bertz CT molecular complexity index is 1380. The van der Waals surface area contributed by atoms with Gasteiger partial charge in [-0.2, -0.15) is 0 Å². The molecule has 0 fully saturated rings. The molecule has 1 aliphatic heterocycles. The van der Waals surface area contributed by atoms with Crippen molar-refractivity contribution in [1.29, 1.82) is 0 Å². The van der Waals surface area contributed by atoms with Gasteiger partial charge in [0, 0.05) is 38.5 Å². The van der Waals surface area contributed by atoms with Crippen molar-refractivity contribution in [3.05, 3.63) is 92.4 Å². The number of carbonyl (C=O) groups is 2. The first-order valence-electron chi connectivity index (χ1n) is 10.8. The van der Waals surface area contributed by atoms with Gasteiger partial charge in [0.05, 0.1) is 25.4 Å². The van der Waals surface area contributed by atoms with Crippen LogP contribution in [0.15, 0.2) is 65.4 Å². The molecule has 0 unspecified atom stereocenters. The first kappa shape index (κ1) is 24.6. The largest absolute Gasteiger partial charge is 0.497 e. The predicted octanol–water partition coefficient (Wildman–Crippen LogP) is 6.29. The number of esters is 1. The Labute approximate surface area is 214 Å². The molecule has 1 aliphatic rings. The lowest BCUT2D eigenvalue weighted by atomic mass is 10.0. The minimum absolute atomic E-state index is 0.226. The number of hydrogen-bond acceptors (Lipinski definition) is 4. The zero-order chi connectivity index (χ0) is 25.4. The third-order valence-electron chi connectivity index (χ3n) is 6.00. The topological polar surface area (TPSA) is 60.8 Å². The third kappa shape index (κ3) is 4.47. The molecule has 0 radical (unpaired) electrons. The van der Waals surface area contributed by atoms with Gasteiger partial charge < -0.3 is 14.0 Å². The van der Waals surface area contributed by atoms with Gasteiger partial charge in [-0.25, -0.2) is 4.79 Å². The molecule has 35 heavy (non-hydrogen) atoms. The molecule has 180 valence electrons. The molecule has 0 bridgehead atoms. The van der Waals surface area contributed by atoms with E-state index in [0.29, 0.717) is 27.2 Å². The summed E-state index contributed by atoms with van der Waals surface area (Å²) in [6.07, 6.45) is 1.73. The van der Waals surface area contributed by atoms with E-state index in [1.165, 1.54) is 12.0 Å². The number of halogens is 2. The van der Waals surface area contributed by atoms with Crippen molar-refractivity contribution in [3.8, 4) is 11.4 Å². The lowest BCUT2D eigenvalue weighted by Crippen LogP contribution is -2.24. The van der Waals surface area contributed by atoms with Crippen molar-refractivity contribution in [2.45, 2.75) is 20.8 Å². The van der Waals surface area contributed by atoms with Crippen LogP contribution in [0.4, 0.5) is 5.69 Å². The number of aryl methyl sites for hydroxylation is 1. The van der Waals surface area contributed by atoms with Gasteiger partial charge in [-0.1, -0.05) is 23.2 Å². The maximum absolute atomic E-state index is 13.6. The van der Waals surface area contributed by atoms with Crippen molar-refractivity contribution >= 4 is 46.8 Å². The summed E-state index contributed by atoms with van der Waals surface area (Å²) in [6, 6.07) is 14.3. The highest BCUT2D eigenvalue weighted by Gasteiger charge is 2.38. The van der Waals surface area contributed by atoms with Gasteiger partial charge >= 0.3 is 5.97 Å². The van der Waals surface area contributed by atoms with E-state index in [-0.39, 0.29) is 17.1 Å². The number of methoxy groups -OCH3 is 2. The lowest BCUT2D eigenvalue weighted by Gasteiger charge is -2.18. The highest BCUT2D eigenvalue weighted by molar-refractivity contribution is 6.34. The fraction of sp³-hybridized carbons (Fsp3) is 0.185. The van der Waals surface area contributed by atoms with Gasteiger partial charge in [0.15, 0.2) is 0 Å². The fourth-order valence-corrected chi connectivity index (χ4v) is 4.89. The molecule has 0 aliphatic carbocycles. The number of ether oxygens (including phenoxy) is 2. The molecule has 6 nitrogen and oxygen atoms in total. The van der Waals surface area contributed by atoms with Gasteiger partial charge in [-0.05, 0) is 80.9 Å². The molecule has 0 spiro atoms. The molecule has 0 saturated heterocycles. The minimum Gasteiger partial charge on any atom is -0.497 e. The van der Waals surface area contributed by atoms with Crippen molar-refractivity contribution in [1.82, 2.24) is 4.57 Å². The van der Waals surface area contributed by atoms with Gasteiger partial charge in [-0.15, -0.1) is 0 Å². The first-order chi connectivity index (χ1) is 16.7. The van der Waals surface area contributed by atoms with Gasteiger partial charge in [0.1, 0.15) is 5.75 Å². The molecule has 8 heteroatoms. The number of rotatable bonds is 5. The summed E-state index contributed by atoms with van der Waals surface area (Å²) in [5, 5.41) is 1.04. The third-order valence-corrected chi connectivity index (χ3v) is 6.43. The molecule has 2 heterocycles.